The normalized spacial score (nSPS) is 12.0. The Bertz CT molecular complexity index is 691. The maximum absolute atomic E-state index is 13.7. The highest BCUT2D eigenvalue weighted by Crippen LogP contribution is 2.37. The minimum Gasteiger partial charge on any atom is -0.450 e. The van der Waals surface area contributed by atoms with Crippen LogP contribution in [0.2, 0.25) is 5.02 Å². The van der Waals surface area contributed by atoms with E-state index >= 15 is 0 Å². The molecule has 110 valence electrons. The first kappa shape index (κ1) is 15.2. The number of nitro benzene ring substituents is 1. The lowest BCUT2D eigenvalue weighted by molar-refractivity contribution is -0.385. The second-order valence-electron chi connectivity index (χ2n) is 4.30. The number of halogens is 2. The molecule has 1 N–H and O–H groups in total. The molecule has 2 aromatic rings. The zero-order chi connectivity index (χ0) is 15.6. The molecule has 0 radical (unpaired) electrons. The zero-order valence-electron chi connectivity index (χ0n) is 10.9. The summed E-state index contributed by atoms with van der Waals surface area (Å²) in [4.78, 5) is 10.3. The molecule has 7 heteroatoms. The second-order valence-corrected chi connectivity index (χ2v) is 4.74. The second kappa shape index (κ2) is 6.07. The zero-order valence-corrected chi connectivity index (χ0v) is 11.7. The fourth-order valence-corrected chi connectivity index (χ4v) is 2.01. The van der Waals surface area contributed by atoms with Crippen LogP contribution in [0.3, 0.4) is 0 Å². The van der Waals surface area contributed by atoms with Crippen LogP contribution >= 0.6 is 11.6 Å². The number of benzene rings is 2. The van der Waals surface area contributed by atoms with E-state index in [0.717, 1.165) is 0 Å². The van der Waals surface area contributed by atoms with Gasteiger partial charge in [-0.3, -0.25) is 10.1 Å². The average molecular weight is 312 g/mol. The van der Waals surface area contributed by atoms with Crippen LogP contribution in [0.1, 0.15) is 18.6 Å². The average Bonchev–Trinajstić information content (AvgIpc) is 2.37. The minimum absolute atomic E-state index is 0.00429. The van der Waals surface area contributed by atoms with Crippen molar-refractivity contribution < 1.29 is 19.2 Å². The van der Waals surface area contributed by atoms with E-state index in [1.807, 2.05) is 0 Å². The topological polar surface area (TPSA) is 72.6 Å². The number of hydrogen-bond donors (Lipinski definition) is 1. The Kier molecular flexibility index (Phi) is 4.40. The lowest BCUT2D eigenvalue weighted by Crippen LogP contribution is -2.01. The quantitative estimate of drug-likeness (QED) is 0.677. The number of aliphatic hydroxyl groups is 1. The molecule has 0 saturated heterocycles. The van der Waals surface area contributed by atoms with Crippen molar-refractivity contribution in [1.29, 1.82) is 0 Å². The van der Waals surface area contributed by atoms with Gasteiger partial charge in [0.05, 0.1) is 16.6 Å². The number of ether oxygens (including phenoxy) is 1. The first-order chi connectivity index (χ1) is 9.90. The van der Waals surface area contributed by atoms with Crippen LogP contribution in [0.15, 0.2) is 36.4 Å². The molecule has 0 bridgehead atoms. The van der Waals surface area contributed by atoms with Crippen molar-refractivity contribution in [3.8, 4) is 11.5 Å². The van der Waals surface area contributed by atoms with Gasteiger partial charge in [-0.25, -0.2) is 4.39 Å². The largest absolute Gasteiger partial charge is 0.450 e. The van der Waals surface area contributed by atoms with E-state index in [9.17, 15) is 19.6 Å². The maximum Gasteiger partial charge on any atom is 0.311 e. The van der Waals surface area contributed by atoms with E-state index in [4.69, 9.17) is 16.3 Å². The molecular weight excluding hydrogens is 301 g/mol. The Hall–Kier alpha value is -2.18. The Morgan fingerprint density at radius 3 is 2.67 bits per heavy atom. The van der Waals surface area contributed by atoms with Gasteiger partial charge in [-0.2, -0.15) is 0 Å². The first-order valence-electron chi connectivity index (χ1n) is 5.98. The molecule has 0 aliphatic rings. The first-order valence-corrected chi connectivity index (χ1v) is 6.36. The molecule has 0 aromatic heterocycles. The minimum atomic E-state index is -1.13. The third kappa shape index (κ3) is 3.29. The smallest absolute Gasteiger partial charge is 0.311 e. The highest BCUT2D eigenvalue weighted by Gasteiger charge is 2.20. The number of hydrogen-bond acceptors (Lipinski definition) is 4. The monoisotopic (exact) mass is 311 g/mol. The summed E-state index contributed by atoms with van der Waals surface area (Å²) in [6, 6.07) is 7.77. The Morgan fingerprint density at radius 2 is 2.05 bits per heavy atom. The Labute approximate surface area is 124 Å². The Balaban J connectivity index is 2.50. The van der Waals surface area contributed by atoms with Crippen molar-refractivity contribution in [1.82, 2.24) is 0 Å². The summed E-state index contributed by atoms with van der Waals surface area (Å²) >= 11 is 5.80. The fraction of sp³-hybridized carbons (Fsp3) is 0.143. The van der Waals surface area contributed by atoms with Crippen LogP contribution in [0.5, 0.6) is 11.5 Å². The predicted octanol–water partition coefficient (Wildman–Crippen LogP) is 4.23. The van der Waals surface area contributed by atoms with Crippen molar-refractivity contribution in [2.75, 3.05) is 0 Å². The molecule has 0 spiro atoms. The molecule has 0 aliphatic heterocycles. The van der Waals surface area contributed by atoms with E-state index in [1.165, 1.54) is 43.3 Å². The van der Waals surface area contributed by atoms with Crippen molar-refractivity contribution in [3.05, 3.63) is 62.9 Å². The van der Waals surface area contributed by atoms with Crippen LogP contribution in [0.4, 0.5) is 10.1 Å². The third-order valence-corrected chi connectivity index (χ3v) is 3.00. The van der Waals surface area contributed by atoms with Gasteiger partial charge in [-0.15, -0.1) is 0 Å². The number of rotatable bonds is 4. The molecule has 0 aliphatic carbocycles. The van der Waals surface area contributed by atoms with E-state index in [1.54, 1.807) is 0 Å². The van der Waals surface area contributed by atoms with Gasteiger partial charge in [-0.1, -0.05) is 17.7 Å². The van der Waals surface area contributed by atoms with E-state index < -0.39 is 16.8 Å². The van der Waals surface area contributed by atoms with Gasteiger partial charge >= 0.3 is 5.69 Å². The van der Waals surface area contributed by atoms with Gasteiger partial charge in [-0.05, 0) is 25.1 Å². The SMILES string of the molecule is C[C@@H](O)c1c(F)cccc1Oc1cc(Cl)ccc1[N+](=O)[O-]. The molecule has 0 heterocycles. The molecular formula is C14H11ClFNO4. The van der Waals surface area contributed by atoms with Crippen LogP contribution in [0, 0.1) is 15.9 Å². The summed E-state index contributed by atoms with van der Waals surface area (Å²) in [6.45, 7) is 1.37. The molecule has 2 rings (SSSR count). The van der Waals surface area contributed by atoms with Gasteiger partial charge < -0.3 is 9.84 Å². The van der Waals surface area contributed by atoms with Crippen molar-refractivity contribution >= 4 is 17.3 Å². The maximum atomic E-state index is 13.7. The van der Waals surface area contributed by atoms with E-state index in [-0.39, 0.29) is 27.8 Å². The number of aliphatic hydroxyl groups excluding tert-OH is 1. The van der Waals surface area contributed by atoms with Gasteiger partial charge in [0.25, 0.3) is 0 Å². The van der Waals surface area contributed by atoms with Gasteiger partial charge in [0.1, 0.15) is 11.6 Å². The van der Waals surface area contributed by atoms with Crippen molar-refractivity contribution in [2.24, 2.45) is 0 Å². The van der Waals surface area contributed by atoms with Crippen LogP contribution < -0.4 is 4.74 Å². The predicted molar refractivity (Wildman–Crippen MR) is 75.2 cm³/mol. The molecule has 0 fully saturated rings. The van der Waals surface area contributed by atoms with Gasteiger partial charge in [0.15, 0.2) is 0 Å². The van der Waals surface area contributed by atoms with Gasteiger partial charge in [0.2, 0.25) is 5.75 Å². The van der Waals surface area contributed by atoms with Crippen LogP contribution in [-0.4, -0.2) is 10.0 Å². The molecule has 21 heavy (non-hydrogen) atoms. The van der Waals surface area contributed by atoms with E-state index in [2.05, 4.69) is 0 Å². The lowest BCUT2D eigenvalue weighted by Gasteiger charge is -2.14. The highest BCUT2D eigenvalue weighted by atomic mass is 35.5. The van der Waals surface area contributed by atoms with Crippen molar-refractivity contribution in [3.63, 3.8) is 0 Å². The Morgan fingerprint density at radius 1 is 1.33 bits per heavy atom. The molecule has 0 saturated carbocycles. The van der Waals surface area contributed by atoms with Crippen LogP contribution in [-0.2, 0) is 0 Å². The summed E-state index contributed by atoms with van der Waals surface area (Å²) in [5.74, 6) is -0.789. The summed E-state index contributed by atoms with van der Waals surface area (Å²) in [6.07, 6.45) is -1.13. The summed E-state index contributed by atoms with van der Waals surface area (Å²) in [5.41, 5.74) is -0.382. The fourth-order valence-electron chi connectivity index (χ4n) is 1.85. The molecule has 1 atom stereocenters. The summed E-state index contributed by atoms with van der Waals surface area (Å²) in [5, 5.41) is 20.8. The molecule has 2 aromatic carbocycles. The van der Waals surface area contributed by atoms with Crippen molar-refractivity contribution in [2.45, 2.75) is 13.0 Å². The molecule has 0 amide bonds. The van der Waals surface area contributed by atoms with Gasteiger partial charge in [0, 0.05) is 17.2 Å². The standard InChI is InChI=1S/C14H11ClFNO4/c1-8(18)14-10(16)3-2-4-12(14)21-13-7-9(15)5-6-11(13)17(19)20/h2-8,18H,1H3/t8-/m1/s1. The third-order valence-electron chi connectivity index (χ3n) is 2.77. The number of nitro groups is 1. The highest BCUT2D eigenvalue weighted by molar-refractivity contribution is 6.30. The van der Waals surface area contributed by atoms with Crippen LogP contribution in [0.25, 0.3) is 0 Å². The number of nitrogens with zero attached hydrogens (tertiary/aromatic N) is 1. The van der Waals surface area contributed by atoms with E-state index in [0.29, 0.717) is 0 Å². The molecule has 5 nitrogen and oxygen atoms in total. The summed E-state index contributed by atoms with van der Waals surface area (Å²) in [7, 11) is 0. The molecule has 0 unspecified atom stereocenters. The summed E-state index contributed by atoms with van der Waals surface area (Å²) < 4.78 is 19.1. The lowest BCUT2D eigenvalue weighted by atomic mass is 10.1.